The van der Waals surface area contributed by atoms with Crippen molar-refractivity contribution >= 4 is 5.97 Å². The number of pyridine rings is 1. The zero-order valence-corrected chi connectivity index (χ0v) is 10.6. The first-order valence-corrected chi connectivity index (χ1v) is 5.89. The summed E-state index contributed by atoms with van der Waals surface area (Å²) in [5.41, 5.74) is 1.11. The van der Waals surface area contributed by atoms with Crippen LogP contribution in [0.15, 0.2) is 42.9 Å². The van der Waals surface area contributed by atoms with E-state index in [0.29, 0.717) is 17.2 Å². The second-order valence-electron chi connectivity index (χ2n) is 4.17. The lowest BCUT2D eigenvalue weighted by Crippen LogP contribution is -2.00. The van der Waals surface area contributed by atoms with E-state index in [9.17, 15) is 9.90 Å². The largest absolute Gasteiger partial charge is 0.478 e. The maximum atomic E-state index is 11.4. The van der Waals surface area contributed by atoms with E-state index < -0.39 is 5.97 Å². The van der Waals surface area contributed by atoms with E-state index in [1.807, 2.05) is 6.07 Å². The summed E-state index contributed by atoms with van der Waals surface area (Å²) in [6, 6.07) is 7.07. The Balaban J connectivity index is 2.18. The van der Waals surface area contributed by atoms with Gasteiger partial charge >= 0.3 is 5.97 Å². The number of aryl methyl sites for hydroxylation is 1. The first kappa shape index (κ1) is 12.1. The molecule has 1 N–H and O–H groups in total. The van der Waals surface area contributed by atoms with E-state index in [4.69, 9.17) is 0 Å². The van der Waals surface area contributed by atoms with Crippen molar-refractivity contribution in [3.63, 3.8) is 0 Å². The molecule has 7 heteroatoms. The second-order valence-corrected chi connectivity index (χ2v) is 4.17. The van der Waals surface area contributed by atoms with Gasteiger partial charge < -0.3 is 5.11 Å². The normalized spacial score (nSPS) is 10.7. The van der Waals surface area contributed by atoms with E-state index >= 15 is 0 Å². The van der Waals surface area contributed by atoms with Crippen molar-refractivity contribution in [1.82, 2.24) is 24.5 Å². The minimum absolute atomic E-state index is 0.110. The standard InChI is InChI=1S/C13H11N5O2/c1-17-10(5-7-15-17)12-9(13(19)20)8-18(16-12)11-4-2-3-6-14-11/h2-8H,1H3,(H,19,20). The molecule has 0 aromatic carbocycles. The van der Waals surface area contributed by atoms with Crippen molar-refractivity contribution in [2.75, 3.05) is 0 Å². The van der Waals surface area contributed by atoms with Crippen LogP contribution in [-0.2, 0) is 7.05 Å². The van der Waals surface area contributed by atoms with Gasteiger partial charge in [-0.05, 0) is 18.2 Å². The van der Waals surface area contributed by atoms with E-state index in [2.05, 4.69) is 15.2 Å². The lowest BCUT2D eigenvalue weighted by molar-refractivity contribution is 0.0697. The van der Waals surface area contributed by atoms with Crippen LogP contribution in [0.25, 0.3) is 17.2 Å². The Morgan fingerprint density at radius 3 is 2.70 bits per heavy atom. The number of carboxylic acid groups (broad SMARTS) is 1. The van der Waals surface area contributed by atoms with Gasteiger partial charge in [0.05, 0.1) is 5.69 Å². The molecule has 3 aromatic rings. The van der Waals surface area contributed by atoms with Gasteiger partial charge in [-0.2, -0.15) is 10.2 Å². The summed E-state index contributed by atoms with van der Waals surface area (Å²) >= 11 is 0. The van der Waals surface area contributed by atoms with Crippen LogP contribution in [0.1, 0.15) is 10.4 Å². The first-order chi connectivity index (χ1) is 9.66. The third kappa shape index (κ3) is 1.95. The van der Waals surface area contributed by atoms with Gasteiger partial charge in [0.2, 0.25) is 0 Å². The molecule has 20 heavy (non-hydrogen) atoms. The van der Waals surface area contributed by atoms with Crippen molar-refractivity contribution in [3.8, 4) is 17.2 Å². The molecule has 3 rings (SSSR count). The van der Waals surface area contributed by atoms with E-state index in [1.165, 1.54) is 10.9 Å². The van der Waals surface area contributed by atoms with Crippen molar-refractivity contribution in [1.29, 1.82) is 0 Å². The van der Waals surface area contributed by atoms with Gasteiger partial charge in [0.1, 0.15) is 11.3 Å². The maximum Gasteiger partial charge on any atom is 0.339 e. The monoisotopic (exact) mass is 269 g/mol. The molecule has 0 aliphatic carbocycles. The predicted octanol–water partition coefficient (Wildman–Crippen LogP) is 1.37. The molecule has 0 bridgehead atoms. The number of hydrogen-bond acceptors (Lipinski definition) is 4. The average molecular weight is 269 g/mol. The van der Waals surface area contributed by atoms with Gasteiger partial charge in [-0.1, -0.05) is 6.07 Å². The number of aromatic nitrogens is 5. The van der Waals surface area contributed by atoms with Gasteiger partial charge in [0, 0.05) is 25.6 Å². The van der Waals surface area contributed by atoms with Gasteiger partial charge in [-0.15, -0.1) is 0 Å². The predicted molar refractivity (Wildman–Crippen MR) is 70.5 cm³/mol. The summed E-state index contributed by atoms with van der Waals surface area (Å²) in [6.45, 7) is 0. The molecule has 100 valence electrons. The molecule has 0 atom stereocenters. The summed E-state index contributed by atoms with van der Waals surface area (Å²) < 4.78 is 3.03. The minimum atomic E-state index is -1.04. The molecule has 0 radical (unpaired) electrons. The molecule has 3 heterocycles. The lowest BCUT2D eigenvalue weighted by atomic mass is 10.2. The van der Waals surface area contributed by atoms with Crippen LogP contribution < -0.4 is 0 Å². The quantitative estimate of drug-likeness (QED) is 0.776. The van der Waals surface area contributed by atoms with Crippen LogP contribution in [0.2, 0.25) is 0 Å². The first-order valence-electron chi connectivity index (χ1n) is 5.89. The fourth-order valence-corrected chi connectivity index (χ4v) is 1.93. The number of nitrogens with zero attached hydrogens (tertiary/aromatic N) is 5. The highest BCUT2D eigenvalue weighted by Crippen LogP contribution is 2.22. The fourth-order valence-electron chi connectivity index (χ4n) is 1.93. The zero-order valence-electron chi connectivity index (χ0n) is 10.6. The fraction of sp³-hybridized carbons (Fsp3) is 0.0769. The summed E-state index contributed by atoms with van der Waals surface area (Å²) in [7, 11) is 1.74. The Labute approximate surface area is 114 Å². The highest BCUT2D eigenvalue weighted by molar-refractivity contribution is 5.94. The molecular weight excluding hydrogens is 258 g/mol. The van der Waals surface area contributed by atoms with Crippen molar-refractivity contribution in [3.05, 3.63) is 48.4 Å². The van der Waals surface area contributed by atoms with Crippen molar-refractivity contribution in [2.24, 2.45) is 7.05 Å². The highest BCUT2D eigenvalue weighted by Gasteiger charge is 2.20. The van der Waals surface area contributed by atoms with Gasteiger partial charge in [0.25, 0.3) is 0 Å². The number of aromatic carboxylic acids is 1. The second kappa shape index (κ2) is 4.61. The summed E-state index contributed by atoms with van der Waals surface area (Å²) in [4.78, 5) is 15.5. The Morgan fingerprint density at radius 2 is 2.10 bits per heavy atom. The Bertz CT molecular complexity index is 760. The molecule has 0 saturated carbocycles. The summed E-state index contributed by atoms with van der Waals surface area (Å²) in [6.07, 6.45) is 4.68. The minimum Gasteiger partial charge on any atom is -0.478 e. The SMILES string of the molecule is Cn1nccc1-c1nn(-c2ccccn2)cc1C(=O)O. The van der Waals surface area contributed by atoms with Gasteiger partial charge in [-0.3, -0.25) is 4.68 Å². The van der Waals surface area contributed by atoms with Crippen LogP contribution in [0.3, 0.4) is 0 Å². The van der Waals surface area contributed by atoms with Crippen LogP contribution >= 0.6 is 0 Å². The summed E-state index contributed by atoms with van der Waals surface area (Å²) in [5, 5.41) is 17.7. The number of hydrogen-bond donors (Lipinski definition) is 1. The van der Waals surface area contributed by atoms with E-state index in [1.54, 1.807) is 42.3 Å². The molecule has 0 aliphatic heterocycles. The van der Waals surface area contributed by atoms with E-state index in [-0.39, 0.29) is 5.56 Å². The third-order valence-electron chi connectivity index (χ3n) is 2.89. The van der Waals surface area contributed by atoms with Gasteiger partial charge in [-0.25, -0.2) is 14.5 Å². The topological polar surface area (TPSA) is 85.8 Å². The zero-order chi connectivity index (χ0) is 14.1. The molecule has 0 saturated heterocycles. The van der Waals surface area contributed by atoms with Crippen LogP contribution in [0.5, 0.6) is 0 Å². The average Bonchev–Trinajstić information content (AvgIpc) is 3.05. The summed E-state index contributed by atoms with van der Waals surface area (Å²) in [5.74, 6) is -0.480. The van der Waals surface area contributed by atoms with E-state index in [0.717, 1.165) is 0 Å². The van der Waals surface area contributed by atoms with Gasteiger partial charge in [0.15, 0.2) is 5.82 Å². The van der Waals surface area contributed by atoms with Crippen molar-refractivity contribution < 1.29 is 9.90 Å². The Kier molecular flexibility index (Phi) is 2.79. The molecule has 0 fully saturated rings. The third-order valence-corrected chi connectivity index (χ3v) is 2.89. The number of rotatable bonds is 3. The molecule has 7 nitrogen and oxygen atoms in total. The molecule has 3 aromatic heterocycles. The molecule has 0 aliphatic rings. The molecule has 0 unspecified atom stereocenters. The highest BCUT2D eigenvalue weighted by atomic mass is 16.4. The molecule has 0 spiro atoms. The Morgan fingerprint density at radius 1 is 1.25 bits per heavy atom. The van der Waals surface area contributed by atoms with Crippen LogP contribution in [-0.4, -0.2) is 35.6 Å². The van der Waals surface area contributed by atoms with Crippen molar-refractivity contribution in [2.45, 2.75) is 0 Å². The number of carboxylic acids is 1. The Hall–Kier alpha value is -2.96. The number of carbonyl (C=O) groups is 1. The maximum absolute atomic E-state index is 11.4. The van der Waals surface area contributed by atoms with Crippen LogP contribution in [0, 0.1) is 0 Å². The smallest absolute Gasteiger partial charge is 0.339 e. The molecule has 0 amide bonds. The molecular formula is C13H11N5O2. The van der Waals surface area contributed by atoms with Crippen LogP contribution in [0.4, 0.5) is 0 Å². The lowest BCUT2D eigenvalue weighted by Gasteiger charge is -1.99.